The standard InChI is InChI=1S/C4H3NOS/c6-3-1-2-5-4-7/h1-3H/b2-1+. The molecule has 0 rings (SSSR count). The van der Waals surface area contributed by atoms with E-state index in [0.717, 1.165) is 0 Å². The van der Waals surface area contributed by atoms with Crippen LogP contribution in [0, 0.1) is 0 Å². The van der Waals surface area contributed by atoms with Gasteiger partial charge in [0, 0.05) is 6.20 Å². The van der Waals surface area contributed by atoms with E-state index in [1.165, 1.54) is 12.3 Å². The van der Waals surface area contributed by atoms with Gasteiger partial charge in [-0.1, -0.05) is 0 Å². The first-order valence-electron chi connectivity index (χ1n) is 1.59. The van der Waals surface area contributed by atoms with Crippen molar-refractivity contribution in [2.45, 2.75) is 0 Å². The molecule has 36 valence electrons. The normalized spacial score (nSPS) is 8.00. The Morgan fingerprint density at radius 3 is 2.86 bits per heavy atom. The van der Waals surface area contributed by atoms with E-state index in [-0.39, 0.29) is 0 Å². The Hall–Kier alpha value is -0.790. The highest BCUT2D eigenvalue weighted by atomic mass is 32.1. The predicted molar refractivity (Wildman–Crippen MR) is 30.2 cm³/mol. The number of carbonyl (C=O) groups excluding carboxylic acids is 1. The first kappa shape index (κ1) is 6.21. The molecule has 0 bridgehead atoms. The van der Waals surface area contributed by atoms with Gasteiger partial charge < -0.3 is 0 Å². The van der Waals surface area contributed by atoms with Crippen molar-refractivity contribution in [2.75, 3.05) is 0 Å². The quantitative estimate of drug-likeness (QED) is 0.229. The van der Waals surface area contributed by atoms with Gasteiger partial charge in [-0.05, 0) is 18.3 Å². The Bertz CT molecular complexity index is 124. The summed E-state index contributed by atoms with van der Waals surface area (Å²) in [5.74, 6) is 0. The summed E-state index contributed by atoms with van der Waals surface area (Å²) in [5, 5.41) is 2.07. The maximum atomic E-state index is 9.47. The van der Waals surface area contributed by atoms with Crippen molar-refractivity contribution in [2.24, 2.45) is 4.99 Å². The zero-order valence-electron chi connectivity index (χ0n) is 3.50. The van der Waals surface area contributed by atoms with Crippen LogP contribution in [0.25, 0.3) is 0 Å². The topological polar surface area (TPSA) is 29.4 Å². The van der Waals surface area contributed by atoms with E-state index in [1.807, 2.05) is 0 Å². The fraction of sp³-hybridized carbons (Fsp3) is 0. The van der Waals surface area contributed by atoms with Crippen molar-refractivity contribution in [3.8, 4) is 0 Å². The molecule has 7 heavy (non-hydrogen) atoms. The van der Waals surface area contributed by atoms with E-state index >= 15 is 0 Å². The van der Waals surface area contributed by atoms with Crippen LogP contribution in [0.4, 0.5) is 0 Å². The SMILES string of the molecule is O=C/C=C/N=C=S. The summed E-state index contributed by atoms with van der Waals surface area (Å²) in [5.41, 5.74) is 0. The maximum Gasteiger partial charge on any atom is 0.144 e. The minimum atomic E-state index is 0.621. The van der Waals surface area contributed by atoms with Gasteiger partial charge in [0.15, 0.2) is 0 Å². The van der Waals surface area contributed by atoms with Crippen molar-refractivity contribution in [1.29, 1.82) is 0 Å². The van der Waals surface area contributed by atoms with Crippen molar-refractivity contribution < 1.29 is 4.79 Å². The molecule has 0 heterocycles. The van der Waals surface area contributed by atoms with Crippen LogP contribution in [-0.4, -0.2) is 11.4 Å². The molecule has 3 heteroatoms. The second-order valence-corrected chi connectivity index (χ2v) is 0.881. The number of rotatable bonds is 2. The number of hydrogen-bond donors (Lipinski definition) is 0. The molecule has 0 aliphatic heterocycles. The van der Waals surface area contributed by atoms with Crippen LogP contribution in [0.5, 0.6) is 0 Å². The van der Waals surface area contributed by atoms with Crippen molar-refractivity contribution in [3.63, 3.8) is 0 Å². The Labute approximate surface area is 46.6 Å². The van der Waals surface area contributed by atoms with Crippen LogP contribution >= 0.6 is 12.2 Å². The molecule has 0 aromatic rings. The van der Waals surface area contributed by atoms with Gasteiger partial charge in [0.1, 0.15) is 6.29 Å². The zero-order chi connectivity index (χ0) is 5.54. The van der Waals surface area contributed by atoms with Gasteiger partial charge in [-0.15, -0.1) is 0 Å². The molecule has 0 aromatic carbocycles. The molecule has 0 unspecified atom stereocenters. The molecule has 2 nitrogen and oxygen atoms in total. The summed E-state index contributed by atoms with van der Waals surface area (Å²) in [6, 6.07) is 0. The molecule has 0 radical (unpaired) electrons. The summed E-state index contributed by atoms with van der Waals surface area (Å²) >= 11 is 4.18. The second-order valence-electron chi connectivity index (χ2n) is 0.698. The smallest absolute Gasteiger partial charge is 0.144 e. The number of aldehydes is 1. The van der Waals surface area contributed by atoms with Gasteiger partial charge in [-0.2, -0.15) is 0 Å². The molecule has 0 spiro atoms. The molecule has 0 fully saturated rings. The van der Waals surface area contributed by atoms with E-state index in [2.05, 4.69) is 22.4 Å². The lowest BCUT2D eigenvalue weighted by Gasteiger charge is -1.57. The van der Waals surface area contributed by atoms with E-state index < -0.39 is 0 Å². The molecular formula is C4H3NOS. The fourth-order valence-corrected chi connectivity index (χ4v) is 0.169. The van der Waals surface area contributed by atoms with Crippen LogP contribution in [0.1, 0.15) is 0 Å². The molecule has 0 N–H and O–H groups in total. The highest BCUT2D eigenvalue weighted by Gasteiger charge is 1.55. The number of thiocarbonyl (C=S) groups is 1. The third-order valence-electron chi connectivity index (χ3n) is 0.292. The average Bonchev–Trinajstić information content (AvgIpc) is 1.69. The molecule has 0 aliphatic carbocycles. The van der Waals surface area contributed by atoms with Gasteiger partial charge in [-0.3, -0.25) is 4.79 Å². The van der Waals surface area contributed by atoms with Crippen LogP contribution < -0.4 is 0 Å². The summed E-state index contributed by atoms with van der Waals surface area (Å²) < 4.78 is 0. The Morgan fingerprint density at radius 2 is 2.43 bits per heavy atom. The second kappa shape index (κ2) is 5.21. The van der Waals surface area contributed by atoms with Gasteiger partial charge in [0.2, 0.25) is 0 Å². The summed E-state index contributed by atoms with van der Waals surface area (Å²) in [6.07, 6.45) is 3.13. The molecule has 0 aromatic heterocycles. The van der Waals surface area contributed by atoms with E-state index in [0.29, 0.717) is 6.29 Å². The summed E-state index contributed by atoms with van der Waals surface area (Å²) in [4.78, 5) is 12.8. The first-order chi connectivity index (χ1) is 3.41. The van der Waals surface area contributed by atoms with E-state index in [1.54, 1.807) is 0 Å². The lowest BCUT2D eigenvalue weighted by atomic mass is 10.7. The fourth-order valence-electron chi connectivity index (χ4n) is 0.109. The van der Waals surface area contributed by atoms with Gasteiger partial charge in [0.25, 0.3) is 0 Å². The van der Waals surface area contributed by atoms with Crippen LogP contribution in [0.3, 0.4) is 0 Å². The highest BCUT2D eigenvalue weighted by molar-refractivity contribution is 7.78. The largest absolute Gasteiger partial charge is 0.299 e. The Morgan fingerprint density at radius 1 is 1.71 bits per heavy atom. The van der Waals surface area contributed by atoms with Crippen molar-refractivity contribution in [1.82, 2.24) is 0 Å². The van der Waals surface area contributed by atoms with Crippen LogP contribution in [0.2, 0.25) is 0 Å². The minimum Gasteiger partial charge on any atom is -0.299 e. The number of hydrogen-bond acceptors (Lipinski definition) is 3. The lowest BCUT2D eigenvalue weighted by molar-refractivity contribution is -0.104. The highest BCUT2D eigenvalue weighted by Crippen LogP contribution is 1.64. The van der Waals surface area contributed by atoms with Crippen molar-refractivity contribution >= 4 is 23.7 Å². The lowest BCUT2D eigenvalue weighted by Crippen LogP contribution is -1.53. The Kier molecular flexibility index (Phi) is 4.62. The zero-order valence-corrected chi connectivity index (χ0v) is 4.31. The molecular weight excluding hydrogens is 110 g/mol. The average molecular weight is 113 g/mol. The maximum absolute atomic E-state index is 9.47. The molecule has 0 atom stereocenters. The number of aliphatic imine (C=N–C) groups is 1. The summed E-state index contributed by atoms with van der Waals surface area (Å²) in [6.45, 7) is 0. The first-order valence-corrected chi connectivity index (χ1v) is 2.00. The minimum absolute atomic E-state index is 0.621. The predicted octanol–water partition coefficient (Wildman–Crippen LogP) is 0.802. The number of nitrogens with zero attached hydrogens (tertiary/aromatic N) is 1. The Balaban J connectivity index is 3.47. The third-order valence-corrected chi connectivity index (χ3v) is 0.397. The van der Waals surface area contributed by atoms with Crippen molar-refractivity contribution in [3.05, 3.63) is 12.3 Å². The van der Waals surface area contributed by atoms with Crippen LogP contribution in [0.15, 0.2) is 17.3 Å². The number of isothiocyanates is 1. The van der Waals surface area contributed by atoms with Gasteiger partial charge in [-0.25, -0.2) is 4.99 Å². The number of allylic oxidation sites excluding steroid dienone is 1. The molecule has 0 saturated carbocycles. The van der Waals surface area contributed by atoms with Gasteiger partial charge >= 0.3 is 0 Å². The molecule has 0 aliphatic rings. The summed E-state index contributed by atoms with van der Waals surface area (Å²) in [7, 11) is 0. The molecule has 0 saturated heterocycles. The van der Waals surface area contributed by atoms with E-state index in [4.69, 9.17) is 0 Å². The van der Waals surface area contributed by atoms with E-state index in [9.17, 15) is 4.79 Å². The third kappa shape index (κ3) is 5.21. The van der Waals surface area contributed by atoms with Gasteiger partial charge in [0.05, 0.1) is 5.16 Å². The number of carbonyl (C=O) groups is 1. The molecule has 0 amide bonds. The van der Waals surface area contributed by atoms with Crippen LogP contribution in [-0.2, 0) is 4.79 Å². The monoisotopic (exact) mass is 113 g/mol.